The molecule has 56 valence electrons. The normalized spacial score (nSPS) is 10.1. The summed E-state index contributed by atoms with van der Waals surface area (Å²) in [6.45, 7) is 4.16. The van der Waals surface area contributed by atoms with E-state index in [-0.39, 0.29) is 0 Å². The third kappa shape index (κ3) is 2.45. The van der Waals surface area contributed by atoms with Gasteiger partial charge in [-0.2, -0.15) is 0 Å². The van der Waals surface area contributed by atoms with Gasteiger partial charge in [0.2, 0.25) is 0 Å². The molecule has 0 aromatic carbocycles. The van der Waals surface area contributed by atoms with Crippen molar-refractivity contribution in [1.29, 1.82) is 0 Å². The van der Waals surface area contributed by atoms with E-state index in [1.54, 1.807) is 11.3 Å². The first-order chi connectivity index (χ1) is 4.93. The molecule has 0 saturated heterocycles. The van der Waals surface area contributed by atoms with E-state index >= 15 is 0 Å². The molecule has 1 heterocycles. The van der Waals surface area contributed by atoms with E-state index in [9.17, 15) is 0 Å². The summed E-state index contributed by atoms with van der Waals surface area (Å²) in [6.07, 6.45) is 1.18. The standard InChI is InChI=1S/C7H12N2S/c1-2-3-8-4-7-5-10-6-9-7/h5-6,8H,2-4H2,1H3. The minimum atomic E-state index is 0.914. The minimum Gasteiger partial charge on any atom is -0.311 e. The maximum Gasteiger partial charge on any atom is 0.0795 e. The van der Waals surface area contributed by atoms with Gasteiger partial charge in [-0.15, -0.1) is 11.3 Å². The van der Waals surface area contributed by atoms with Gasteiger partial charge in [-0.1, -0.05) is 6.92 Å². The Morgan fingerprint density at radius 3 is 3.20 bits per heavy atom. The molecule has 2 nitrogen and oxygen atoms in total. The number of thiazole rings is 1. The van der Waals surface area contributed by atoms with E-state index in [0.29, 0.717) is 0 Å². The fourth-order valence-electron chi connectivity index (χ4n) is 0.718. The molecule has 1 N–H and O–H groups in total. The van der Waals surface area contributed by atoms with Crippen LogP contribution < -0.4 is 5.32 Å². The van der Waals surface area contributed by atoms with Crippen molar-refractivity contribution < 1.29 is 0 Å². The molecular formula is C7H12N2S. The van der Waals surface area contributed by atoms with Crippen LogP contribution in [0.3, 0.4) is 0 Å². The zero-order valence-electron chi connectivity index (χ0n) is 6.13. The van der Waals surface area contributed by atoms with Gasteiger partial charge in [0.15, 0.2) is 0 Å². The van der Waals surface area contributed by atoms with Crippen LogP contribution in [0.1, 0.15) is 19.0 Å². The van der Waals surface area contributed by atoms with Crippen LogP contribution in [0.2, 0.25) is 0 Å². The Labute approximate surface area is 65.3 Å². The Balaban J connectivity index is 2.15. The van der Waals surface area contributed by atoms with E-state index in [1.807, 2.05) is 5.51 Å². The van der Waals surface area contributed by atoms with Crippen LogP contribution in [0, 0.1) is 0 Å². The van der Waals surface area contributed by atoms with Crippen LogP contribution >= 0.6 is 11.3 Å². The third-order valence-corrected chi connectivity index (χ3v) is 1.85. The van der Waals surface area contributed by atoms with Gasteiger partial charge in [-0.25, -0.2) is 4.98 Å². The second kappa shape index (κ2) is 4.41. The Morgan fingerprint density at radius 1 is 1.70 bits per heavy atom. The van der Waals surface area contributed by atoms with Gasteiger partial charge in [0.05, 0.1) is 11.2 Å². The first kappa shape index (κ1) is 7.69. The van der Waals surface area contributed by atoms with Gasteiger partial charge in [-0.3, -0.25) is 0 Å². The largest absolute Gasteiger partial charge is 0.311 e. The molecule has 0 spiro atoms. The summed E-state index contributed by atoms with van der Waals surface area (Å²) in [6, 6.07) is 0. The van der Waals surface area contributed by atoms with Crippen molar-refractivity contribution in [3.05, 3.63) is 16.6 Å². The van der Waals surface area contributed by atoms with Gasteiger partial charge in [0, 0.05) is 11.9 Å². The third-order valence-electron chi connectivity index (χ3n) is 1.22. The first-order valence-electron chi connectivity index (χ1n) is 3.51. The van der Waals surface area contributed by atoms with Crippen molar-refractivity contribution in [2.45, 2.75) is 19.9 Å². The molecule has 1 aromatic rings. The summed E-state index contributed by atoms with van der Waals surface area (Å²) in [5.41, 5.74) is 3.02. The summed E-state index contributed by atoms with van der Waals surface area (Å²) in [5.74, 6) is 0. The summed E-state index contributed by atoms with van der Waals surface area (Å²) in [7, 11) is 0. The van der Waals surface area contributed by atoms with Gasteiger partial charge in [0.1, 0.15) is 0 Å². The van der Waals surface area contributed by atoms with Crippen molar-refractivity contribution >= 4 is 11.3 Å². The molecule has 3 heteroatoms. The van der Waals surface area contributed by atoms with Gasteiger partial charge in [0.25, 0.3) is 0 Å². The lowest BCUT2D eigenvalue weighted by molar-refractivity contribution is 0.667. The summed E-state index contributed by atoms with van der Waals surface area (Å²) in [5, 5.41) is 5.35. The average Bonchev–Trinajstić information content (AvgIpc) is 2.41. The molecule has 0 fully saturated rings. The fraction of sp³-hybridized carbons (Fsp3) is 0.571. The number of nitrogens with zero attached hydrogens (tertiary/aromatic N) is 1. The molecule has 0 radical (unpaired) electrons. The predicted molar refractivity (Wildman–Crippen MR) is 44.1 cm³/mol. The molecule has 10 heavy (non-hydrogen) atoms. The van der Waals surface area contributed by atoms with Crippen molar-refractivity contribution in [1.82, 2.24) is 10.3 Å². The van der Waals surface area contributed by atoms with Gasteiger partial charge >= 0.3 is 0 Å². The minimum absolute atomic E-state index is 0.914. The van der Waals surface area contributed by atoms with E-state index in [1.165, 1.54) is 6.42 Å². The van der Waals surface area contributed by atoms with E-state index < -0.39 is 0 Å². The maximum atomic E-state index is 4.14. The molecule has 0 aliphatic rings. The summed E-state index contributed by atoms with van der Waals surface area (Å²) in [4.78, 5) is 4.14. The zero-order valence-corrected chi connectivity index (χ0v) is 6.95. The molecule has 0 aliphatic carbocycles. The topological polar surface area (TPSA) is 24.9 Å². The van der Waals surface area contributed by atoms with Crippen molar-refractivity contribution in [2.75, 3.05) is 6.54 Å². The Kier molecular flexibility index (Phi) is 3.40. The Hall–Kier alpha value is -0.410. The summed E-state index contributed by atoms with van der Waals surface area (Å²) >= 11 is 1.65. The van der Waals surface area contributed by atoms with Crippen molar-refractivity contribution in [3.8, 4) is 0 Å². The lowest BCUT2D eigenvalue weighted by Gasteiger charge is -1.97. The monoisotopic (exact) mass is 156 g/mol. The van der Waals surface area contributed by atoms with Crippen molar-refractivity contribution in [3.63, 3.8) is 0 Å². The molecule has 0 unspecified atom stereocenters. The Morgan fingerprint density at radius 2 is 2.60 bits per heavy atom. The average molecular weight is 156 g/mol. The molecule has 0 atom stereocenters. The molecular weight excluding hydrogens is 144 g/mol. The van der Waals surface area contributed by atoms with Crippen LogP contribution in [0.4, 0.5) is 0 Å². The molecule has 0 saturated carbocycles. The van der Waals surface area contributed by atoms with E-state index in [0.717, 1.165) is 18.8 Å². The highest BCUT2D eigenvalue weighted by atomic mass is 32.1. The number of rotatable bonds is 4. The van der Waals surface area contributed by atoms with Gasteiger partial charge in [-0.05, 0) is 13.0 Å². The van der Waals surface area contributed by atoms with Crippen LogP contribution in [0.5, 0.6) is 0 Å². The second-order valence-electron chi connectivity index (χ2n) is 2.16. The zero-order chi connectivity index (χ0) is 7.23. The van der Waals surface area contributed by atoms with Crippen LogP contribution in [-0.4, -0.2) is 11.5 Å². The van der Waals surface area contributed by atoms with E-state index in [4.69, 9.17) is 0 Å². The highest BCUT2D eigenvalue weighted by Gasteiger charge is 1.90. The highest BCUT2D eigenvalue weighted by Crippen LogP contribution is 1.99. The number of nitrogens with one attached hydrogen (secondary N) is 1. The fourth-order valence-corrected chi connectivity index (χ4v) is 1.28. The molecule has 1 rings (SSSR count). The SMILES string of the molecule is CCCNCc1cscn1. The quantitative estimate of drug-likeness (QED) is 0.670. The summed E-state index contributed by atoms with van der Waals surface area (Å²) < 4.78 is 0. The second-order valence-corrected chi connectivity index (χ2v) is 2.88. The number of hydrogen-bond acceptors (Lipinski definition) is 3. The molecule has 0 bridgehead atoms. The molecule has 0 aliphatic heterocycles. The van der Waals surface area contributed by atoms with Crippen LogP contribution in [-0.2, 0) is 6.54 Å². The highest BCUT2D eigenvalue weighted by molar-refractivity contribution is 7.07. The van der Waals surface area contributed by atoms with Crippen LogP contribution in [0.25, 0.3) is 0 Å². The number of hydrogen-bond donors (Lipinski definition) is 1. The van der Waals surface area contributed by atoms with Crippen molar-refractivity contribution in [2.24, 2.45) is 0 Å². The first-order valence-corrected chi connectivity index (χ1v) is 4.45. The lowest BCUT2D eigenvalue weighted by Crippen LogP contribution is -2.13. The molecule has 0 amide bonds. The van der Waals surface area contributed by atoms with Crippen LogP contribution in [0.15, 0.2) is 10.9 Å². The Bertz CT molecular complexity index is 160. The van der Waals surface area contributed by atoms with Gasteiger partial charge < -0.3 is 5.32 Å². The maximum absolute atomic E-state index is 4.14. The molecule has 1 aromatic heterocycles. The number of aromatic nitrogens is 1. The lowest BCUT2D eigenvalue weighted by atomic mass is 10.4. The predicted octanol–water partition coefficient (Wildman–Crippen LogP) is 1.64. The van der Waals surface area contributed by atoms with E-state index in [2.05, 4.69) is 22.6 Å². The smallest absolute Gasteiger partial charge is 0.0795 e.